The SMILES string of the molecule is O=C(c1ccc(-n2cnnn2)cc1)N1CCC[C@@H](C(F)(F)F)C1. The van der Waals surface area contributed by atoms with Gasteiger partial charge in [-0.25, -0.2) is 4.68 Å². The van der Waals surface area contributed by atoms with Crippen molar-refractivity contribution >= 4 is 5.91 Å². The zero-order chi connectivity index (χ0) is 16.4. The highest BCUT2D eigenvalue weighted by atomic mass is 19.4. The highest BCUT2D eigenvalue weighted by Crippen LogP contribution is 2.33. The Hall–Kier alpha value is -2.45. The molecule has 6 nitrogen and oxygen atoms in total. The van der Waals surface area contributed by atoms with E-state index in [9.17, 15) is 18.0 Å². The summed E-state index contributed by atoms with van der Waals surface area (Å²) in [5, 5.41) is 10.7. The Labute approximate surface area is 129 Å². The molecule has 1 aliphatic heterocycles. The van der Waals surface area contributed by atoms with Gasteiger partial charge in [-0.3, -0.25) is 4.79 Å². The van der Waals surface area contributed by atoms with Crippen molar-refractivity contribution in [2.45, 2.75) is 19.0 Å². The van der Waals surface area contributed by atoms with Gasteiger partial charge in [0.2, 0.25) is 0 Å². The average Bonchev–Trinajstić information content (AvgIpc) is 3.08. The van der Waals surface area contributed by atoms with Crippen LogP contribution in [0.25, 0.3) is 5.69 Å². The van der Waals surface area contributed by atoms with Crippen LogP contribution in [-0.4, -0.2) is 50.3 Å². The second kappa shape index (κ2) is 5.98. The summed E-state index contributed by atoms with van der Waals surface area (Å²) in [4.78, 5) is 13.7. The van der Waals surface area contributed by atoms with Crippen molar-refractivity contribution in [3.63, 3.8) is 0 Å². The molecule has 9 heteroatoms. The number of nitrogens with zero attached hydrogens (tertiary/aromatic N) is 5. The highest BCUT2D eigenvalue weighted by molar-refractivity contribution is 5.94. The number of tetrazole rings is 1. The maximum Gasteiger partial charge on any atom is 0.393 e. The second-order valence-corrected chi connectivity index (χ2v) is 5.43. The molecule has 0 N–H and O–H groups in total. The van der Waals surface area contributed by atoms with Crippen molar-refractivity contribution in [1.29, 1.82) is 0 Å². The van der Waals surface area contributed by atoms with E-state index in [1.807, 2.05) is 0 Å². The Balaban J connectivity index is 1.72. The van der Waals surface area contributed by atoms with Crippen molar-refractivity contribution < 1.29 is 18.0 Å². The maximum atomic E-state index is 12.8. The minimum atomic E-state index is -4.26. The number of benzene rings is 1. The predicted molar refractivity (Wildman–Crippen MR) is 73.8 cm³/mol. The maximum absolute atomic E-state index is 12.8. The number of halogens is 3. The molecule has 1 aromatic carbocycles. The van der Waals surface area contributed by atoms with Crippen molar-refractivity contribution in [3.8, 4) is 5.69 Å². The second-order valence-electron chi connectivity index (χ2n) is 5.43. The van der Waals surface area contributed by atoms with Crippen LogP contribution in [0, 0.1) is 5.92 Å². The van der Waals surface area contributed by atoms with Crippen molar-refractivity contribution in [3.05, 3.63) is 36.2 Å². The summed E-state index contributed by atoms with van der Waals surface area (Å²) < 4.78 is 39.9. The van der Waals surface area contributed by atoms with Crippen LogP contribution < -0.4 is 0 Å². The van der Waals surface area contributed by atoms with Crippen molar-refractivity contribution in [2.75, 3.05) is 13.1 Å². The number of carbonyl (C=O) groups excluding carboxylic acids is 1. The van der Waals surface area contributed by atoms with E-state index in [-0.39, 0.29) is 18.9 Å². The summed E-state index contributed by atoms with van der Waals surface area (Å²) >= 11 is 0. The van der Waals surface area contributed by atoms with Gasteiger partial charge in [0.1, 0.15) is 6.33 Å². The van der Waals surface area contributed by atoms with Crippen LogP contribution in [0.2, 0.25) is 0 Å². The largest absolute Gasteiger partial charge is 0.393 e. The molecule has 3 rings (SSSR count). The van der Waals surface area contributed by atoms with E-state index in [0.29, 0.717) is 24.2 Å². The lowest BCUT2D eigenvalue weighted by molar-refractivity contribution is -0.184. The zero-order valence-corrected chi connectivity index (χ0v) is 12.1. The number of likely N-dealkylation sites (tertiary alicyclic amines) is 1. The topological polar surface area (TPSA) is 63.9 Å². The Kier molecular flexibility index (Phi) is 4.01. The van der Waals surface area contributed by atoms with Gasteiger partial charge in [-0.15, -0.1) is 5.10 Å². The highest BCUT2D eigenvalue weighted by Gasteiger charge is 2.42. The monoisotopic (exact) mass is 325 g/mol. The van der Waals surface area contributed by atoms with Crippen LogP contribution in [0.4, 0.5) is 13.2 Å². The molecule has 122 valence electrons. The Morgan fingerprint density at radius 1 is 1.22 bits per heavy atom. The molecule has 23 heavy (non-hydrogen) atoms. The minimum Gasteiger partial charge on any atom is -0.338 e. The molecule has 1 amide bonds. The number of carbonyl (C=O) groups is 1. The van der Waals surface area contributed by atoms with Gasteiger partial charge in [0, 0.05) is 18.7 Å². The summed E-state index contributed by atoms with van der Waals surface area (Å²) in [5.41, 5.74) is 1.02. The summed E-state index contributed by atoms with van der Waals surface area (Å²) in [5.74, 6) is -1.83. The van der Waals surface area contributed by atoms with E-state index in [0.717, 1.165) is 0 Å². The molecule has 0 bridgehead atoms. The Morgan fingerprint density at radius 2 is 1.96 bits per heavy atom. The molecule has 1 saturated heterocycles. The Morgan fingerprint density at radius 3 is 2.57 bits per heavy atom. The summed E-state index contributed by atoms with van der Waals surface area (Å²) in [6.07, 6.45) is -2.41. The fraction of sp³-hybridized carbons (Fsp3) is 0.429. The van der Waals surface area contributed by atoms with Crippen LogP contribution >= 0.6 is 0 Å². The molecule has 0 saturated carbocycles. The number of alkyl halides is 3. The number of amides is 1. The molecule has 1 aromatic heterocycles. The van der Waals surface area contributed by atoms with Crippen molar-refractivity contribution in [1.82, 2.24) is 25.1 Å². The van der Waals surface area contributed by atoms with Crippen LogP contribution in [0.15, 0.2) is 30.6 Å². The van der Waals surface area contributed by atoms with Crippen LogP contribution in [0.1, 0.15) is 23.2 Å². The fourth-order valence-corrected chi connectivity index (χ4v) is 2.65. The number of hydrogen-bond acceptors (Lipinski definition) is 4. The summed E-state index contributed by atoms with van der Waals surface area (Å²) in [6.45, 7) is 0.0667. The smallest absolute Gasteiger partial charge is 0.338 e. The molecule has 1 fully saturated rings. The normalized spacial score (nSPS) is 18.9. The zero-order valence-electron chi connectivity index (χ0n) is 12.1. The lowest BCUT2D eigenvalue weighted by Crippen LogP contribution is -2.44. The van der Waals surface area contributed by atoms with E-state index < -0.39 is 12.1 Å². The summed E-state index contributed by atoms with van der Waals surface area (Å²) in [6, 6.07) is 6.43. The first-order valence-corrected chi connectivity index (χ1v) is 7.14. The molecule has 0 unspecified atom stereocenters. The molecular weight excluding hydrogens is 311 g/mol. The molecular formula is C14H14F3N5O. The standard InChI is InChI=1S/C14H14F3N5O/c15-14(16,17)11-2-1-7-21(8-11)13(23)10-3-5-12(6-4-10)22-9-18-19-20-22/h3-6,9,11H,1-2,7-8H2/t11-/m1/s1. The molecule has 2 heterocycles. The third kappa shape index (κ3) is 3.33. The number of rotatable bonds is 2. The quantitative estimate of drug-likeness (QED) is 0.848. The molecule has 0 aliphatic carbocycles. The first kappa shape index (κ1) is 15.4. The molecule has 0 spiro atoms. The molecule has 2 aromatic rings. The first-order chi connectivity index (χ1) is 10.9. The van der Waals surface area contributed by atoms with Gasteiger partial charge >= 0.3 is 6.18 Å². The van der Waals surface area contributed by atoms with E-state index in [4.69, 9.17) is 0 Å². The third-order valence-corrected chi connectivity index (χ3v) is 3.90. The van der Waals surface area contributed by atoms with E-state index in [1.54, 1.807) is 24.3 Å². The molecule has 0 radical (unpaired) electrons. The average molecular weight is 325 g/mol. The van der Waals surface area contributed by atoms with Gasteiger partial charge in [0.15, 0.2) is 0 Å². The van der Waals surface area contributed by atoms with E-state index in [2.05, 4.69) is 15.5 Å². The molecule has 1 atom stereocenters. The number of aromatic nitrogens is 4. The van der Waals surface area contributed by atoms with Crippen LogP contribution in [0.5, 0.6) is 0 Å². The van der Waals surface area contributed by atoms with Gasteiger partial charge < -0.3 is 4.90 Å². The minimum absolute atomic E-state index is 0.0749. The number of piperidine rings is 1. The van der Waals surface area contributed by atoms with Crippen molar-refractivity contribution in [2.24, 2.45) is 5.92 Å². The van der Waals surface area contributed by atoms with Gasteiger partial charge in [0.25, 0.3) is 5.91 Å². The lowest BCUT2D eigenvalue weighted by Gasteiger charge is -2.33. The van der Waals surface area contributed by atoms with Gasteiger partial charge in [-0.2, -0.15) is 13.2 Å². The first-order valence-electron chi connectivity index (χ1n) is 7.14. The van der Waals surface area contributed by atoms with E-state index in [1.165, 1.54) is 15.9 Å². The molecule has 1 aliphatic rings. The van der Waals surface area contributed by atoms with Gasteiger partial charge in [-0.1, -0.05) is 0 Å². The van der Waals surface area contributed by atoms with E-state index >= 15 is 0 Å². The lowest BCUT2D eigenvalue weighted by atomic mass is 9.97. The predicted octanol–water partition coefficient (Wildman–Crippen LogP) is 2.08. The van der Waals surface area contributed by atoms with Crippen LogP contribution in [0.3, 0.4) is 0 Å². The van der Waals surface area contributed by atoms with Gasteiger partial charge in [0.05, 0.1) is 11.6 Å². The number of hydrogen-bond donors (Lipinski definition) is 0. The fourth-order valence-electron chi connectivity index (χ4n) is 2.65. The summed E-state index contributed by atoms with van der Waals surface area (Å²) in [7, 11) is 0. The third-order valence-electron chi connectivity index (χ3n) is 3.90. The van der Waals surface area contributed by atoms with Gasteiger partial charge in [-0.05, 0) is 47.5 Å². The van der Waals surface area contributed by atoms with Crippen LogP contribution in [-0.2, 0) is 0 Å². The Bertz CT molecular complexity index is 669.